The number of ether oxygens (including phenoxy) is 1. The second kappa shape index (κ2) is 5.49. The molecule has 1 aromatic rings. The molecule has 1 aromatic carbocycles. The van der Waals surface area contributed by atoms with Crippen molar-refractivity contribution in [2.75, 3.05) is 14.2 Å². The van der Waals surface area contributed by atoms with Crippen LogP contribution in [0.3, 0.4) is 0 Å². The first-order valence-electron chi connectivity index (χ1n) is 9.10. The summed E-state index contributed by atoms with van der Waals surface area (Å²) < 4.78 is 5.40. The van der Waals surface area contributed by atoms with E-state index in [0.717, 1.165) is 30.9 Å². The molecule has 2 fully saturated rings. The highest BCUT2D eigenvalue weighted by Crippen LogP contribution is 2.60. The molecule has 2 N–H and O–H groups in total. The van der Waals surface area contributed by atoms with Gasteiger partial charge in [-0.2, -0.15) is 0 Å². The van der Waals surface area contributed by atoms with Gasteiger partial charge in [-0.3, -0.25) is 0 Å². The Balaban J connectivity index is 1.67. The summed E-state index contributed by atoms with van der Waals surface area (Å²) in [6.45, 7) is 2.33. The van der Waals surface area contributed by atoms with Crippen LogP contribution in [0.2, 0.25) is 0 Å². The molecule has 3 aliphatic carbocycles. The van der Waals surface area contributed by atoms with Gasteiger partial charge in [0.1, 0.15) is 5.75 Å². The van der Waals surface area contributed by atoms with E-state index >= 15 is 0 Å². The van der Waals surface area contributed by atoms with E-state index in [0.29, 0.717) is 11.8 Å². The molecule has 3 nitrogen and oxygen atoms in total. The zero-order chi connectivity index (χ0) is 16.2. The minimum atomic E-state index is -0.198. The van der Waals surface area contributed by atoms with Crippen molar-refractivity contribution in [3.05, 3.63) is 29.3 Å². The van der Waals surface area contributed by atoms with Crippen LogP contribution in [0.25, 0.3) is 0 Å². The molecule has 0 aromatic heterocycles. The van der Waals surface area contributed by atoms with Gasteiger partial charge in [-0.05, 0) is 85.6 Å². The number of methoxy groups -OCH3 is 1. The Labute approximate surface area is 139 Å². The lowest BCUT2D eigenvalue weighted by Crippen LogP contribution is -2.46. The highest BCUT2D eigenvalue weighted by Gasteiger charge is 2.57. The van der Waals surface area contributed by atoms with Gasteiger partial charge >= 0.3 is 0 Å². The number of likely N-dealkylation sites (N-methyl/N-ethyl adjacent to an activating group) is 1. The maximum absolute atomic E-state index is 10.8. The number of aliphatic hydroxyl groups is 1. The van der Waals surface area contributed by atoms with Gasteiger partial charge in [0.15, 0.2) is 0 Å². The fourth-order valence-electron chi connectivity index (χ4n) is 5.98. The summed E-state index contributed by atoms with van der Waals surface area (Å²) in [7, 11) is 3.74. The molecule has 0 amide bonds. The third-order valence-corrected chi connectivity index (χ3v) is 7.31. The van der Waals surface area contributed by atoms with Crippen LogP contribution >= 0.6 is 0 Å². The van der Waals surface area contributed by atoms with E-state index in [1.807, 2.05) is 7.05 Å². The first-order valence-corrected chi connectivity index (χ1v) is 9.10. The summed E-state index contributed by atoms with van der Waals surface area (Å²) >= 11 is 0. The number of benzene rings is 1. The van der Waals surface area contributed by atoms with E-state index in [4.69, 9.17) is 4.74 Å². The van der Waals surface area contributed by atoms with Crippen LogP contribution in [0.5, 0.6) is 5.75 Å². The number of hydrogen-bond donors (Lipinski definition) is 2. The van der Waals surface area contributed by atoms with Crippen molar-refractivity contribution in [3.8, 4) is 5.75 Å². The van der Waals surface area contributed by atoms with Crippen LogP contribution in [0.4, 0.5) is 0 Å². The van der Waals surface area contributed by atoms with Crippen LogP contribution in [-0.2, 0) is 6.42 Å². The van der Waals surface area contributed by atoms with E-state index in [1.54, 1.807) is 12.7 Å². The lowest BCUT2D eigenvalue weighted by Gasteiger charge is -2.50. The maximum Gasteiger partial charge on any atom is 0.119 e. The third kappa shape index (κ3) is 2.16. The number of aliphatic hydroxyl groups excluding tert-OH is 1. The van der Waals surface area contributed by atoms with E-state index in [2.05, 4.69) is 30.4 Å². The summed E-state index contributed by atoms with van der Waals surface area (Å²) in [6.07, 6.45) is 5.69. The number of rotatable bonds is 2. The number of fused-ring (bicyclic) bond motifs is 5. The number of hydrogen-bond acceptors (Lipinski definition) is 3. The van der Waals surface area contributed by atoms with Crippen LogP contribution < -0.4 is 10.1 Å². The fourth-order valence-corrected chi connectivity index (χ4v) is 5.98. The van der Waals surface area contributed by atoms with Crippen molar-refractivity contribution in [1.29, 1.82) is 0 Å². The summed E-state index contributed by atoms with van der Waals surface area (Å²) in [6, 6.07) is 6.92. The molecular formula is C20H29NO2. The Hall–Kier alpha value is -1.06. The zero-order valence-electron chi connectivity index (χ0n) is 14.5. The van der Waals surface area contributed by atoms with Gasteiger partial charge in [0, 0.05) is 6.04 Å². The SMILES string of the molecule is CN[C@@H]1C[C@H]2[C@@H]3CCc4cc(OC)ccc4[C@H]3CC[C@]2(C)[C@H]1O. The molecule has 6 atom stereocenters. The van der Waals surface area contributed by atoms with Crippen molar-refractivity contribution in [3.63, 3.8) is 0 Å². The molecule has 0 heterocycles. The Bertz CT molecular complexity index is 601. The van der Waals surface area contributed by atoms with Crippen molar-refractivity contribution >= 4 is 0 Å². The topological polar surface area (TPSA) is 41.5 Å². The minimum absolute atomic E-state index is 0.0960. The van der Waals surface area contributed by atoms with Gasteiger partial charge in [0.05, 0.1) is 13.2 Å². The van der Waals surface area contributed by atoms with Gasteiger partial charge in [-0.25, -0.2) is 0 Å². The predicted octanol–water partition coefficient (Wildman–Crippen LogP) is 3.11. The lowest BCUT2D eigenvalue weighted by atomic mass is 9.55. The molecule has 0 unspecified atom stereocenters. The molecule has 23 heavy (non-hydrogen) atoms. The molecule has 0 bridgehead atoms. The average Bonchev–Trinajstić information content (AvgIpc) is 2.85. The molecule has 4 rings (SSSR count). The Morgan fingerprint density at radius 1 is 1.30 bits per heavy atom. The standard InChI is InChI=1S/C20H29NO2/c1-20-9-8-15-14-7-5-13(23-3)10-12(14)4-6-16(15)17(20)11-18(21-2)19(20)22/h5,7,10,15-19,21-22H,4,6,8-9,11H2,1-3H3/t15-,16-,17+,18-,19+,20+/m1/s1. The molecule has 3 aliphatic rings. The average molecular weight is 315 g/mol. The lowest BCUT2D eigenvalue weighted by molar-refractivity contribution is -0.0275. The van der Waals surface area contributed by atoms with Gasteiger partial charge in [0.25, 0.3) is 0 Å². The minimum Gasteiger partial charge on any atom is -0.497 e. The molecule has 0 aliphatic heterocycles. The maximum atomic E-state index is 10.8. The van der Waals surface area contributed by atoms with Gasteiger partial charge in [0.2, 0.25) is 0 Å². The summed E-state index contributed by atoms with van der Waals surface area (Å²) in [5, 5.41) is 14.2. The molecular weight excluding hydrogens is 286 g/mol. The number of aryl methyl sites for hydroxylation is 1. The third-order valence-electron chi connectivity index (χ3n) is 7.31. The summed E-state index contributed by atoms with van der Waals surface area (Å²) in [5.74, 6) is 3.02. The zero-order valence-corrected chi connectivity index (χ0v) is 14.5. The second-order valence-corrected chi connectivity index (χ2v) is 8.10. The van der Waals surface area contributed by atoms with E-state index < -0.39 is 0 Å². The first-order chi connectivity index (χ1) is 11.1. The fraction of sp³-hybridized carbons (Fsp3) is 0.700. The van der Waals surface area contributed by atoms with Crippen molar-refractivity contribution in [2.45, 2.75) is 57.1 Å². The first kappa shape index (κ1) is 15.5. The van der Waals surface area contributed by atoms with Crippen molar-refractivity contribution in [2.24, 2.45) is 17.3 Å². The van der Waals surface area contributed by atoms with E-state index in [-0.39, 0.29) is 17.6 Å². The van der Waals surface area contributed by atoms with E-state index in [9.17, 15) is 5.11 Å². The largest absolute Gasteiger partial charge is 0.497 e. The Kier molecular flexibility index (Phi) is 3.69. The van der Waals surface area contributed by atoms with Gasteiger partial charge < -0.3 is 15.2 Å². The molecule has 0 radical (unpaired) electrons. The Morgan fingerprint density at radius 2 is 2.13 bits per heavy atom. The van der Waals surface area contributed by atoms with Gasteiger partial charge in [-0.1, -0.05) is 13.0 Å². The van der Waals surface area contributed by atoms with Gasteiger partial charge in [-0.15, -0.1) is 0 Å². The normalized spacial score (nSPS) is 41.8. The van der Waals surface area contributed by atoms with Crippen LogP contribution in [0, 0.1) is 17.3 Å². The van der Waals surface area contributed by atoms with Crippen molar-refractivity contribution < 1.29 is 9.84 Å². The second-order valence-electron chi connectivity index (χ2n) is 8.10. The highest BCUT2D eigenvalue weighted by atomic mass is 16.5. The molecule has 3 heteroatoms. The van der Waals surface area contributed by atoms with Crippen LogP contribution in [0.15, 0.2) is 18.2 Å². The van der Waals surface area contributed by atoms with Crippen LogP contribution in [-0.4, -0.2) is 31.4 Å². The smallest absolute Gasteiger partial charge is 0.119 e. The van der Waals surface area contributed by atoms with Crippen LogP contribution in [0.1, 0.15) is 49.7 Å². The predicted molar refractivity (Wildman–Crippen MR) is 91.8 cm³/mol. The Morgan fingerprint density at radius 3 is 2.87 bits per heavy atom. The molecule has 0 saturated heterocycles. The molecule has 126 valence electrons. The monoisotopic (exact) mass is 315 g/mol. The quantitative estimate of drug-likeness (QED) is 0.881. The van der Waals surface area contributed by atoms with E-state index in [1.165, 1.54) is 18.4 Å². The van der Waals surface area contributed by atoms with Crippen molar-refractivity contribution in [1.82, 2.24) is 5.32 Å². The molecule has 2 saturated carbocycles. The summed E-state index contributed by atoms with van der Waals surface area (Å²) in [5.41, 5.74) is 3.13. The number of nitrogens with one attached hydrogen (secondary N) is 1. The summed E-state index contributed by atoms with van der Waals surface area (Å²) in [4.78, 5) is 0. The highest BCUT2D eigenvalue weighted by molar-refractivity contribution is 5.40. The molecule has 0 spiro atoms.